The highest BCUT2D eigenvalue weighted by Gasteiger charge is 2.13. The van der Waals surface area contributed by atoms with Crippen LogP contribution in [0.15, 0.2) is 85.3 Å². The van der Waals surface area contributed by atoms with Gasteiger partial charge in [0.1, 0.15) is 0 Å². The molecule has 4 heteroatoms. The molecule has 0 aromatic heterocycles. The van der Waals surface area contributed by atoms with Crippen molar-refractivity contribution < 1.29 is 19.1 Å². The smallest absolute Gasteiger partial charge is 0.338 e. The van der Waals surface area contributed by atoms with Crippen LogP contribution in [-0.2, 0) is 9.47 Å². The van der Waals surface area contributed by atoms with Gasteiger partial charge in [-0.05, 0) is 74.2 Å². The fourth-order valence-corrected chi connectivity index (χ4v) is 3.87. The zero-order valence-corrected chi connectivity index (χ0v) is 20.2. The number of esters is 2. The quantitative estimate of drug-likeness (QED) is 0.182. The van der Waals surface area contributed by atoms with Crippen LogP contribution < -0.4 is 0 Å². The van der Waals surface area contributed by atoms with E-state index in [1.165, 1.54) is 0 Å². The second kappa shape index (κ2) is 14.5. The third kappa shape index (κ3) is 8.08. The highest BCUT2D eigenvalue weighted by molar-refractivity contribution is 5.89. The van der Waals surface area contributed by atoms with Crippen LogP contribution in [0.3, 0.4) is 0 Å². The summed E-state index contributed by atoms with van der Waals surface area (Å²) in [5.74, 6) is -0.236. The Balaban J connectivity index is 1.96. The van der Waals surface area contributed by atoms with E-state index in [1.54, 1.807) is 13.8 Å². The van der Waals surface area contributed by atoms with E-state index in [2.05, 4.69) is 24.6 Å². The molecule has 2 aromatic rings. The molecule has 0 spiro atoms. The Hall–Kier alpha value is -3.58. The van der Waals surface area contributed by atoms with Gasteiger partial charge in [0.25, 0.3) is 0 Å². The fraction of sp³-hybridized carbons (Fsp3) is 0.333. The molecule has 0 radical (unpaired) electrons. The second-order valence-corrected chi connectivity index (χ2v) is 7.92. The second-order valence-electron chi connectivity index (χ2n) is 7.92. The summed E-state index contributed by atoms with van der Waals surface area (Å²) in [4.78, 5) is 23.8. The van der Waals surface area contributed by atoms with Crippen molar-refractivity contribution in [3.8, 4) is 0 Å². The number of allylic oxidation sites excluding steroid dienone is 2. The van der Waals surface area contributed by atoms with Gasteiger partial charge in [-0.2, -0.15) is 0 Å². The molecule has 2 unspecified atom stereocenters. The average molecular weight is 459 g/mol. The molecule has 0 amide bonds. The maximum atomic E-state index is 11.9. The van der Waals surface area contributed by atoms with Gasteiger partial charge in [0.05, 0.1) is 24.3 Å². The zero-order chi connectivity index (χ0) is 24.8. The maximum Gasteiger partial charge on any atom is 0.338 e. The lowest BCUT2D eigenvalue weighted by molar-refractivity contribution is 0.0516. The van der Waals surface area contributed by atoms with Crippen molar-refractivity contribution in [3.63, 3.8) is 0 Å². The van der Waals surface area contributed by atoms with Gasteiger partial charge < -0.3 is 9.47 Å². The Kier molecular flexibility index (Phi) is 11.4. The van der Waals surface area contributed by atoms with Gasteiger partial charge in [-0.25, -0.2) is 9.59 Å². The van der Waals surface area contributed by atoms with E-state index >= 15 is 0 Å². The molecule has 34 heavy (non-hydrogen) atoms. The monoisotopic (exact) mass is 458 g/mol. The first-order chi connectivity index (χ1) is 16.5. The molecular formula is C30H34O4. The SMILES string of the molecule is C=C=CC(CCCCC(C=C=C)c1ccc(C(=O)OCC)cc1)c1ccc(C(=O)OCC)cc1. The van der Waals surface area contributed by atoms with E-state index in [1.807, 2.05) is 60.7 Å². The normalized spacial score (nSPS) is 11.9. The molecule has 4 nitrogen and oxygen atoms in total. The number of hydrogen-bond donors (Lipinski definition) is 0. The molecule has 0 bridgehead atoms. The Morgan fingerprint density at radius 3 is 1.38 bits per heavy atom. The number of unbranched alkanes of at least 4 members (excludes halogenated alkanes) is 1. The van der Waals surface area contributed by atoms with Crippen LogP contribution in [0.2, 0.25) is 0 Å². The topological polar surface area (TPSA) is 52.6 Å². The first-order valence-corrected chi connectivity index (χ1v) is 11.8. The summed E-state index contributed by atoms with van der Waals surface area (Å²) in [6, 6.07) is 15.1. The van der Waals surface area contributed by atoms with Crippen molar-refractivity contribution in [1.82, 2.24) is 0 Å². The van der Waals surface area contributed by atoms with Crippen molar-refractivity contribution in [3.05, 3.63) is 108 Å². The van der Waals surface area contributed by atoms with Crippen LogP contribution in [0.25, 0.3) is 0 Å². The van der Waals surface area contributed by atoms with E-state index < -0.39 is 0 Å². The summed E-state index contributed by atoms with van der Waals surface area (Å²) in [5, 5.41) is 0. The summed E-state index contributed by atoms with van der Waals surface area (Å²) < 4.78 is 10.1. The van der Waals surface area contributed by atoms with Crippen LogP contribution in [0.5, 0.6) is 0 Å². The number of carbonyl (C=O) groups is 2. The largest absolute Gasteiger partial charge is 0.462 e. The Morgan fingerprint density at radius 2 is 1.09 bits per heavy atom. The van der Waals surface area contributed by atoms with Crippen molar-refractivity contribution in [1.29, 1.82) is 0 Å². The molecule has 0 saturated carbocycles. The minimum Gasteiger partial charge on any atom is -0.462 e. The lowest BCUT2D eigenvalue weighted by atomic mass is 9.89. The van der Waals surface area contributed by atoms with Crippen LogP contribution in [-0.4, -0.2) is 25.2 Å². The highest BCUT2D eigenvalue weighted by atomic mass is 16.5. The van der Waals surface area contributed by atoms with Crippen molar-refractivity contribution in [2.45, 2.75) is 51.4 Å². The molecule has 2 rings (SSSR count). The third-order valence-corrected chi connectivity index (χ3v) is 5.62. The number of benzene rings is 2. The molecule has 0 fully saturated rings. The minimum absolute atomic E-state index is 0.186. The third-order valence-electron chi connectivity index (χ3n) is 5.62. The molecular weight excluding hydrogens is 424 g/mol. The molecule has 178 valence electrons. The standard InChI is InChI=1S/C30H34O4/c1-5-11-23(25-15-19-27(20-16-25)29(31)33-7-3)13-9-10-14-24(12-6-2)26-17-21-28(22-18-26)30(32)34-8-4/h11-12,15-24H,1-2,7-10,13-14H2,3-4H3. The molecule has 0 aliphatic heterocycles. The number of rotatable bonds is 13. The summed E-state index contributed by atoms with van der Waals surface area (Å²) in [6.07, 6.45) is 7.90. The van der Waals surface area contributed by atoms with E-state index in [4.69, 9.17) is 9.47 Å². The first kappa shape index (κ1) is 26.7. The van der Waals surface area contributed by atoms with E-state index in [-0.39, 0.29) is 23.8 Å². The van der Waals surface area contributed by atoms with Crippen LogP contribution in [0.4, 0.5) is 0 Å². The zero-order valence-electron chi connectivity index (χ0n) is 20.2. The molecule has 0 aliphatic rings. The number of carbonyl (C=O) groups excluding carboxylic acids is 2. The van der Waals surface area contributed by atoms with Crippen LogP contribution in [0, 0.1) is 0 Å². The van der Waals surface area contributed by atoms with Gasteiger partial charge in [-0.1, -0.05) is 50.3 Å². The van der Waals surface area contributed by atoms with Gasteiger partial charge >= 0.3 is 11.9 Å². The van der Waals surface area contributed by atoms with Crippen LogP contribution >= 0.6 is 0 Å². The minimum atomic E-state index is -0.304. The number of ether oxygens (including phenoxy) is 2. The highest BCUT2D eigenvalue weighted by Crippen LogP contribution is 2.28. The fourth-order valence-electron chi connectivity index (χ4n) is 3.87. The molecule has 2 aromatic carbocycles. The average Bonchev–Trinajstić information content (AvgIpc) is 2.85. The lowest BCUT2D eigenvalue weighted by Gasteiger charge is -2.16. The van der Waals surface area contributed by atoms with Crippen molar-refractivity contribution in [2.75, 3.05) is 13.2 Å². The Labute approximate surface area is 203 Å². The summed E-state index contributed by atoms with van der Waals surface area (Å²) in [6.45, 7) is 11.8. The van der Waals surface area contributed by atoms with Gasteiger partial charge in [-0.15, -0.1) is 11.5 Å². The molecule has 0 N–H and O–H groups in total. The molecule has 2 atom stereocenters. The van der Waals surface area contributed by atoms with Crippen molar-refractivity contribution >= 4 is 11.9 Å². The molecule has 0 saturated heterocycles. The Bertz CT molecular complexity index is 935. The predicted octanol–water partition coefficient (Wildman–Crippen LogP) is 7.15. The van der Waals surface area contributed by atoms with Crippen molar-refractivity contribution in [2.24, 2.45) is 0 Å². The number of hydrogen-bond acceptors (Lipinski definition) is 4. The molecule has 0 aliphatic carbocycles. The predicted molar refractivity (Wildman–Crippen MR) is 136 cm³/mol. The Morgan fingerprint density at radius 1 is 0.735 bits per heavy atom. The lowest BCUT2D eigenvalue weighted by Crippen LogP contribution is -2.05. The summed E-state index contributed by atoms with van der Waals surface area (Å²) >= 11 is 0. The van der Waals surface area contributed by atoms with E-state index in [9.17, 15) is 9.59 Å². The summed E-state index contributed by atoms with van der Waals surface area (Å²) in [7, 11) is 0. The summed E-state index contributed by atoms with van der Waals surface area (Å²) in [5.41, 5.74) is 9.19. The first-order valence-electron chi connectivity index (χ1n) is 11.8. The van der Waals surface area contributed by atoms with E-state index in [0.29, 0.717) is 24.3 Å². The van der Waals surface area contributed by atoms with E-state index in [0.717, 1.165) is 36.8 Å². The van der Waals surface area contributed by atoms with Gasteiger partial charge in [-0.3, -0.25) is 0 Å². The maximum absolute atomic E-state index is 11.9. The van der Waals surface area contributed by atoms with Gasteiger partial charge in [0.2, 0.25) is 0 Å². The molecule has 0 heterocycles. The van der Waals surface area contributed by atoms with Gasteiger partial charge in [0.15, 0.2) is 0 Å². The van der Waals surface area contributed by atoms with Gasteiger partial charge in [0, 0.05) is 11.8 Å². The van der Waals surface area contributed by atoms with Crippen LogP contribution in [0.1, 0.15) is 83.2 Å².